The molecule has 0 aliphatic heterocycles. The molecule has 0 heterocycles. The van der Waals surface area contributed by atoms with Gasteiger partial charge >= 0.3 is 0 Å². The maximum absolute atomic E-state index is 4.75. The molecular formula is C17H27N. The highest BCUT2D eigenvalue weighted by atomic mass is 14.7. The first kappa shape index (κ1) is 14.9. The van der Waals surface area contributed by atoms with E-state index in [0.29, 0.717) is 5.92 Å². The molecule has 18 heavy (non-hydrogen) atoms. The van der Waals surface area contributed by atoms with E-state index in [0.717, 1.165) is 11.6 Å². The molecule has 0 unspecified atom stereocenters. The molecule has 1 saturated carbocycles. The molecule has 1 fully saturated rings. The third kappa shape index (κ3) is 4.64. The van der Waals surface area contributed by atoms with Gasteiger partial charge in [-0.3, -0.25) is 4.99 Å². The minimum atomic E-state index is 0.676. The van der Waals surface area contributed by atoms with Crippen molar-refractivity contribution in [1.82, 2.24) is 0 Å². The second kappa shape index (κ2) is 7.35. The van der Waals surface area contributed by atoms with E-state index in [9.17, 15) is 0 Å². The van der Waals surface area contributed by atoms with Crippen molar-refractivity contribution in [3.8, 4) is 0 Å². The summed E-state index contributed by atoms with van der Waals surface area (Å²) in [6.07, 6.45) is 11.5. The first-order chi connectivity index (χ1) is 8.56. The monoisotopic (exact) mass is 245 g/mol. The minimum absolute atomic E-state index is 0.676. The molecule has 0 amide bonds. The number of hydrogen-bond acceptors (Lipinski definition) is 1. The molecule has 1 rings (SSSR count). The largest absolute Gasteiger partial charge is 0.263 e. The van der Waals surface area contributed by atoms with Gasteiger partial charge in [0.2, 0.25) is 0 Å². The Kier molecular flexibility index (Phi) is 6.11. The second-order valence-electron chi connectivity index (χ2n) is 5.42. The first-order valence-corrected chi connectivity index (χ1v) is 7.05. The number of rotatable bonds is 4. The molecule has 100 valence electrons. The Hall–Kier alpha value is -1.11. The van der Waals surface area contributed by atoms with E-state index in [1.54, 1.807) is 0 Å². The van der Waals surface area contributed by atoms with E-state index in [-0.39, 0.29) is 0 Å². The van der Waals surface area contributed by atoms with Crippen LogP contribution in [0, 0.1) is 11.8 Å². The zero-order valence-corrected chi connectivity index (χ0v) is 12.4. The summed E-state index contributed by atoms with van der Waals surface area (Å²) in [5, 5.41) is 0. The summed E-state index contributed by atoms with van der Waals surface area (Å²) in [6.45, 7) is 12.3. The molecule has 0 aromatic rings. The molecule has 0 aromatic heterocycles. The maximum atomic E-state index is 4.75. The first-order valence-electron chi connectivity index (χ1n) is 7.05. The van der Waals surface area contributed by atoms with Crippen LogP contribution in [-0.4, -0.2) is 5.71 Å². The van der Waals surface area contributed by atoms with E-state index < -0.39 is 0 Å². The highest BCUT2D eigenvalue weighted by Crippen LogP contribution is 2.30. The van der Waals surface area contributed by atoms with Crippen LogP contribution in [0.25, 0.3) is 0 Å². The smallest absolute Gasteiger partial charge is 0.0374 e. The van der Waals surface area contributed by atoms with Gasteiger partial charge in [0.1, 0.15) is 0 Å². The van der Waals surface area contributed by atoms with Gasteiger partial charge in [0.05, 0.1) is 0 Å². The molecular weight excluding hydrogens is 218 g/mol. The van der Waals surface area contributed by atoms with Crippen molar-refractivity contribution in [2.45, 2.75) is 53.4 Å². The molecule has 0 spiro atoms. The summed E-state index contributed by atoms with van der Waals surface area (Å²) < 4.78 is 0. The average Bonchev–Trinajstić information content (AvgIpc) is 2.38. The van der Waals surface area contributed by atoms with Crippen molar-refractivity contribution in [1.29, 1.82) is 0 Å². The molecule has 0 atom stereocenters. The summed E-state index contributed by atoms with van der Waals surface area (Å²) in [6, 6.07) is 0. The predicted octanol–water partition coefficient (Wildman–Crippen LogP) is 5.31. The fourth-order valence-electron chi connectivity index (χ4n) is 2.59. The minimum Gasteiger partial charge on any atom is -0.263 e. The third-order valence-corrected chi connectivity index (χ3v) is 3.94. The van der Waals surface area contributed by atoms with Crippen molar-refractivity contribution in [2.24, 2.45) is 16.8 Å². The molecule has 1 heteroatoms. The normalized spacial score (nSPS) is 27.2. The van der Waals surface area contributed by atoms with Gasteiger partial charge in [-0.1, -0.05) is 17.7 Å². The van der Waals surface area contributed by atoms with E-state index >= 15 is 0 Å². The number of nitrogens with zero attached hydrogens (tertiary/aromatic N) is 1. The van der Waals surface area contributed by atoms with Crippen LogP contribution in [0.4, 0.5) is 0 Å². The van der Waals surface area contributed by atoms with Crippen molar-refractivity contribution < 1.29 is 0 Å². The van der Waals surface area contributed by atoms with Crippen molar-refractivity contribution in [2.75, 3.05) is 0 Å². The Morgan fingerprint density at radius 2 is 1.72 bits per heavy atom. The van der Waals surface area contributed by atoms with Crippen LogP contribution < -0.4 is 0 Å². The van der Waals surface area contributed by atoms with E-state index in [4.69, 9.17) is 4.99 Å². The quantitative estimate of drug-likeness (QED) is 0.361. The van der Waals surface area contributed by atoms with E-state index in [2.05, 4.69) is 52.5 Å². The fourth-order valence-corrected chi connectivity index (χ4v) is 2.59. The molecule has 1 aliphatic rings. The summed E-state index contributed by atoms with van der Waals surface area (Å²) in [4.78, 5) is 4.75. The number of allylic oxidation sites excluding steroid dienone is 5. The molecule has 0 radical (unpaired) electrons. The van der Waals surface area contributed by atoms with Crippen LogP contribution in [-0.2, 0) is 0 Å². The van der Waals surface area contributed by atoms with Crippen molar-refractivity contribution in [3.63, 3.8) is 0 Å². The van der Waals surface area contributed by atoms with Gasteiger partial charge in [-0.2, -0.15) is 0 Å². The van der Waals surface area contributed by atoms with Gasteiger partial charge in [-0.15, -0.1) is 6.58 Å². The topological polar surface area (TPSA) is 12.4 Å². The Balaban J connectivity index is 2.62. The average molecular weight is 245 g/mol. The summed E-state index contributed by atoms with van der Waals surface area (Å²) in [5.74, 6) is 1.41. The van der Waals surface area contributed by atoms with Gasteiger partial charge < -0.3 is 0 Å². The van der Waals surface area contributed by atoms with E-state index in [1.807, 2.05) is 0 Å². The maximum Gasteiger partial charge on any atom is 0.0374 e. The molecule has 0 bridgehead atoms. The highest BCUT2D eigenvalue weighted by molar-refractivity contribution is 5.85. The Labute approximate surface area is 112 Å². The molecule has 0 N–H and O–H groups in total. The Morgan fingerprint density at radius 1 is 1.11 bits per heavy atom. The van der Waals surface area contributed by atoms with Gasteiger partial charge in [0, 0.05) is 11.4 Å². The lowest BCUT2D eigenvalue weighted by Gasteiger charge is -2.26. The second-order valence-corrected chi connectivity index (χ2v) is 5.42. The molecule has 1 aliphatic carbocycles. The number of aliphatic imine (C=N–C) groups is 1. The molecule has 0 aromatic carbocycles. The van der Waals surface area contributed by atoms with Gasteiger partial charge in [-0.25, -0.2) is 0 Å². The van der Waals surface area contributed by atoms with Gasteiger partial charge in [-0.05, 0) is 71.3 Å². The van der Waals surface area contributed by atoms with Crippen molar-refractivity contribution >= 4 is 5.71 Å². The van der Waals surface area contributed by atoms with Crippen LogP contribution >= 0.6 is 0 Å². The van der Waals surface area contributed by atoms with Crippen LogP contribution in [0.3, 0.4) is 0 Å². The Bertz CT molecular complexity index is 363. The zero-order chi connectivity index (χ0) is 13.5. The lowest BCUT2D eigenvalue weighted by Crippen LogP contribution is -2.19. The van der Waals surface area contributed by atoms with Crippen LogP contribution in [0.15, 0.2) is 41.1 Å². The standard InChI is InChI=1S/C17H27N/c1-6-13(3)12-14(4)18-15(5)17-10-8-16(7-2)9-11-17/h6-7,12,16-17H,2,8-11H2,1,3-5H3/b13-6+,14-12-,18-15?. The van der Waals surface area contributed by atoms with E-state index in [1.165, 1.54) is 37.0 Å². The van der Waals surface area contributed by atoms with Crippen molar-refractivity contribution in [3.05, 3.63) is 36.1 Å². The SMILES string of the molecule is C=CC1CCC(C(C)=N/C(C)=C\C(C)=C\C)CC1. The van der Waals surface area contributed by atoms with Crippen LogP contribution in [0.1, 0.15) is 53.4 Å². The third-order valence-electron chi connectivity index (χ3n) is 3.94. The number of hydrogen-bond donors (Lipinski definition) is 0. The predicted molar refractivity (Wildman–Crippen MR) is 81.9 cm³/mol. The zero-order valence-electron chi connectivity index (χ0n) is 12.4. The van der Waals surface area contributed by atoms with Crippen LogP contribution in [0.2, 0.25) is 0 Å². The van der Waals surface area contributed by atoms with Gasteiger partial charge in [0.25, 0.3) is 0 Å². The lowest BCUT2D eigenvalue weighted by molar-refractivity contribution is 0.371. The molecule has 0 saturated heterocycles. The molecule has 1 nitrogen and oxygen atoms in total. The Morgan fingerprint density at radius 3 is 2.22 bits per heavy atom. The summed E-state index contributed by atoms with van der Waals surface area (Å²) >= 11 is 0. The lowest BCUT2D eigenvalue weighted by atomic mass is 9.80. The van der Waals surface area contributed by atoms with Crippen LogP contribution in [0.5, 0.6) is 0 Å². The fraction of sp³-hybridized carbons (Fsp3) is 0.588. The van der Waals surface area contributed by atoms with Gasteiger partial charge in [0.15, 0.2) is 0 Å². The highest BCUT2D eigenvalue weighted by Gasteiger charge is 2.20. The summed E-state index contributed by atoms with van der Waals surface area (Å²) in [7, 11) is 0. The summed E-state index contributed by atoms with van der Waals surface area (Å²) in [5.41, 5.74) is 3.70.